The van der Waals surface area contributed by atoms with Crippen LogP contribution in [0.15, 0.2) is 47.8 Å². The summed E-state index contributed by atoms with van der Waals surface area (Å²) in [5.74, 6) is -0.141. The lowest BCUT2D eigenvalue weighted by atomic mass is 10.2. The fraction of sp³-hybridized carbons (Fsp3) is 0.238. The minimum Gasteiger partial charge on any atom is -0.378 e. The number of hydrogen-bond acceptors (Lipinski definition) is 5. The number of benzene rings is 2. The summed E-state index contributed by atoms with van der Waals surface area (Å²) >= 11 is 14.2. The highest BCUT2D eigenvalue weighted by atomic mass is 35.5. The number of nitrogens with one attached hydrogen (secondary N) is 1. The molecule has 0 bridgehead atoms. The molecular formula is C21H19Cl2N3O2S. The quantitative estimate of drug-likeness (QED) is 0.588. The number of ether oxygens (including phenoxy) is 1. The normalized spacial score (nSPS) is 14.1. The fourth-order valence-electron chi connectivity index (χ4n) is 3.23. The number of rotatable bonds is 5. The maximum Gasteiger partial charge on any atom is 0.230 e. The van der Waals surface area contributed by atoms with Crippen molar-refractivity contribution >= 4 is 51.8 Å². The van der Waals surface area contributed by atoms with Crippen LogP contribution in [-0.4, -0.2) is 37.2 Å². The second-order valence-corrected chi connectivity index (χ2v) is 8.26. The van der Waals surface area contributed by atoms with Crippen molar-refractivity contribution in [3.05, 3.63) is 63.6 Å². The highest BCUT2D eigenvalue weighted by Crippen LogP contribution is 2.35. The Balaban J connectivity index is 1.48. The van der Waals surface area contributed by atoms with Gasteiger partial charge in [-0.3, -0.25) is 4.79 Å². The summed E-state index contributed by atoms with van der Waals surface area (Å²) in [6, 6.07) is 13.1. The number of carbonyl (C=O) groups is 1. The van der Waals surface area contributed by atoms with E-state index in [1.165, 1.54) is 11.3 Å². The van der Waals surface area contributed by atoms with Gasteiger partial charge in [0, 0.05) is 24.0 Å². The molecule has 0 aliphatic carbocycles. The Morgan fingerprint density at radius 3 is 2.66 bits per heavy atom. The predicted molar refractivity (Wildman–Crippen MR) is 119 cm³/mol. The molecule has 0 saturated carbocycles. The van der Waals surface area contributed by atoms with Crippen molar-refractivity contribution in [3.63, 3.8) is 0 Å². The third-order valence-electron chi connectivity index (χ3n) is 4.59. The van der Waals surface area contributed by atoms with Crippen LogP contribution in [0.1, 0.15) is 5.69 Å². The van der Waals surface area contributed by atoms with Crippen LogP contribution < -0.4 is 10.2 Å². The van der Waals surface area contributed by atoms with Crippen molar-refractivity contribution in [1.82, 2.24) is 4.98 Å². The molecule has 1 aliphatic heterocycles. The van der Waals surface area contributed by atoms with Crippen LogP contribution in [-0.2, 0) is 16.0 Å². The summed E-state index contributed by atoms with van der Waals surface area (Å²) in [5, 5.41) is 6.94. The van der Waals surface area contributed by atoms with Gasteiger partial charge in [-0.05, 0) is 18.2 Å². The fourth-order valence-corrected chi connectivity index (χ4v) is 4.66. The van der Waals surface area contributed by atoms with Gasteiger partial charge in [-0.2, -0.15) is 0 Å². The van der Waals surface area contributed by atoms with E-state index < -0.39 is 0 Å². The second kappa shape index (κ2) is 9.13. The Kier molecular flexibility index (Phi) is 6.35. The number of para-hydroxylation sites is 1. The van der Waals surface area contributed by atoms with E-state index in [0.717, 1.165) is 29.3 Å². The zero-order chi connectivity index (χ0) is 20.2. The van der Waals surface area contributed by atoms with E-state index in [1.54, 1.807) is 0 Å². The molecule has 0 radical (unpaired) electrons. The topological polar surface area (TPSA) is 54.5 Å². The van der Waals surface area contributed by atoms with E-state index in [1.807, 2.05) is 47.8 Å². The highest BCUT2D eigenvalue weighted by molar-refractivity contribution is 7.13. The number of morpholine rings is 1. The number of hydrogen-bond donors (Lipinski definition) is 1. The molecule has 0 unspecified atom stereocenters. The maximum atomic E-state index is 12.7. The molecule has 2 heterocycles. The molecule has 150 valence electrons. The Bertz CT molecular complexity index is 1020. The van der Waals surface area contributed by atoms with Crippen LogP contribution in [0.4, 0.5) is 11.4 Å². The lowest BCUT2D eigenvalue weighted by Gasteiger charge is -2.31. The van der Waals surface area contributed by atoms with E-state index in [4.69, 9.17) is 27.9 Å². The van der Waals surface area contributed by atoms with Crippen molar-refractivity contribution in [2.24, 2.45) is 0 Å². The van der Waals surface area contributed by atoms with Gasteiger partial charge in [0.05, 0.1) is 46.7 Å². The standard InChI is InChI=1S/C21H19Cl2N3O2S/c22-16-5-2-1-4-15(16)21-24-14(13-29-21)12-19(27)25-18-7-3-6-17(23)20(18)26-8-10-28-11-9-26/h1-7,13H,8-12H2,(H,25,27). The van der Waals surface area contributed by atoms with Crippen molar-refractivity contribution in [1.29, 1.82) is 0 Å². The van der Waals surface area contributed by atoms with E-state index in [2.05, 4.69) is 15.2 Å². The SMILES string of the molecule is O=C(Cc1csc(-c2ccccc2Cl)n1)Nc1cccc(Cl)c1N1CCOCC1. The van der Waals surface area contributed by atoms with E-state index >= 15 is 0 Å². The first-order valence-electron chi connectivity index (χ1n) is 9.22. The van der Waals surface area contributed by atoms with Crippen LogP contribution >= 0.6 is 34.5 Å². The first kappa shape index (κ1) is 20.2. The van der Waals surface area contributed by atoms with Crippen molar-refractivity contribution in [2.75, 3.05) is 36.5 Å². The molecule has 1 aliphatic rings. The number of halogens is 2. The summed E-state index contributed by atoms with van der Waals surface area (Å²) in [5.41, 5.74) is 3.11. The molecule has 2 aromatic carbocycles. The van der Waals surface area contributed by atoms with Gasteiger partial charge in [0.2, 0.25) is 5.91 Å². The summed E-state index contributed by atoms with van der Waals surface area (Å²) < 4.78 is 5.42. The Morgan fingerprint density at radius 2 is 1.86 bits per heavy atom. The maximum absolute atomic E-state index is 12.7. The molecule has 1 aromatic heterocycles. The smallest absolute Gasteiger partial charge is 0.230 e. The van der Waals surface area contributed by atoms with Crippen LogP contribution in [0.5, 0.6) is 0 Å². The molecule has 1 amide bonds. The third kappa shape index (κ3) is 4.73. The number of carbonyl (C=O) groups excluding carboxylic acids is 1. The van der Waals surface area contributed by atoms with Crippen molar-refractivity contribution < 1.29 is 9.53 Å². The van der Waals surface area contributed by atoms with Crippen LogP contribution in [0.25, 0.3) is 10.6 Å². The molecule has 29 heavy (non-hydrogen) atoms. The number of amides is 1. The molecule has 0 spiro atoms. The molecule has 0 atom stereocenters. The minimum atomic E-state index is -0.141. The van der Waals surface area contributed by atoms with Crippen molar-refractivity contribution in [2.45, 2.75) is 6.42 Å². The Labute approximate surface area is 183 Å². The van der Waals surface area contributed by atoms with Gasteiger partial charge in [-0.1, -0.05) is 47.5 Å². The van der Waals surface area contributed by atoms with Gasteiger partial charge in [0.15, 0.2) is 0 Å². The number of thiazole rings is 1. The highest BCUT2D eigenvalue weighted by Gasteiger charge is 2.19. The molecular weight excluding hydrogens is 429 g/mol. The molecule has 3 aromatic rings. The van der Waals surface area contributed by atoms with Crippen molar-refractivity contribution in [3.8, 4) is 10.6 Å². The number of nitrogens with zero attached hydrogens (tertiary/aromatic N) is 2. The number of anilines is 2. The molecule has 4 rings (SSSR count). The van der Waals surface area contributed by atoms with Gasteiger partial charge in [0.1, 0.15) is 5.01 Å². The van der Waals surface area contributed by atoms with E-state index in [9.17, 15) is 4.79 Å². The molecule has 1 N–H and O–H groups in total. The van der Waals surface area contributed by atoms with E-state index in [0.29, 0.717) is 34.6 Å². The lowest BCUT2D eigenvalue weighted by Crippen LogP contribution is -2.37. The third-order valence-corrected chi connectivity index (χ3v) is 6.14. The summed E-state index contributed by atoms with van der Waals surface area (Å²) in [6.45, 7) is 2.75. The first-order valence-corrected chi connectivity index (χ1v) is 10.9. The van der Waals surface area contributed by atoms with Crippen LogP contribution in [0, 0.1) is 0 Å². The zero-order valence-corrected chi connectivity index (χ0v) is 17.9. The largest absolute Gasteiger partial charge is 0.378 e. The lowest BCUT2D eigenvalue weighted by molar-refractivity contribution is -0.115. The monoisotopic (exact) mass is 447 g/mol. The second-order valence-electron chi connectivity index (χ2n) is 6.58. The van der Waals surface area contributed by atoms with Crippen LogP contribution in [0.2, 0.25) is 10.0 Å². The molecule has 1 saturated heterocycles. The number of aromatic nitrogens is 1. The molecule has 8 heteroatoms. The predicted octanol–water partition coefficient (Wildman–Crippen LogP) is 5.13. The van der Waals surface area contributed by atoms with Gasteiger partial charge in [-0.25, -0.2) is 4.98 Å². The summed E-state index contributed by atoms with van der Waals surface area (Å²) in [4.78, 5) is 19.4. The zero-order valence-electron chi connectivity index (χ0n) is 15.5. The first-order chi connectivity index (χ1) is 14.1. The Hall–Kier alpha value is -2.12. The molecule has 5 nitrogen and oxygen atoms in total. The minimum absolute atomic E-state index is 0.141. The molecule has 1 fully saturated rings. The Morgan fingerprint density at radius 1 is 1.10 bits per heavy atom. The van der Waals surface area contributed by atoms with Gasteiger partial charge < -0.3 is 15.0 Å². The van der Waals surface area contributed by atoms with E-state index in [-0.39, 0.29) is 12.3 Å². The van der Waals surface area contributed by atoms with Gasteiger partial charge in [0.25, 0.3) is 0 Å². The van der Waals surface area contributed by atoms with Crippen LogP contribution in [0.3, 0.4) is 0 Å². The summed E-state index contributed by atoms with van der Waals surface area (Å²) in [6.07, 6.45) is 0.177. The van der Waals surface area contributed by atoms with Gasteiger partial charge >= 0.3 is 0 Å². The summed E-state index contributed by atoms with van der Waals surface area (Å²) in [7, 11) is 0. The average Bonchev–Trinajstić information content (AvgIpc) is 3.17. The average molecular weight is 448 g/mol. The van der Waals surface area contributed by atoms with Gasteiger partial charge in [-0.15, -0.1) is 11.3 Å².